The molecule has 1 aliphatic carbocycles. The zero-order chi connectivity index (χ0) is 12.0. The number of rotatable bonds is 0. The van der Waals surface area contributed by atoms with E-state index < -0.39 is 0 Å². The summed E-state index contributed by atoms with van der Waals surface area (Å²) >= 11 is 3.46. The molecule has 1 heterocycles. The highest BCUT2D eigenvalue weighted by molar-refractivity contribution is 9.10. The molecule has 17 heavy (non-hydrogen) atoms. The molecule has 0 aromatic heterocycles. The van der Waals surface area contributed by atoms with Crippen LogP contribution < -0.4 is 4.74 Å². The average molecular weight is 297 g/mol. The van der Waals surface area contributed by atoms with Gasteiger partial charge in [-0.25, -0.2) is 0 Å². The maximum absolute atomic E-state index is 10.3. The van der Waals surface area contributed by atoms with Crippen molar-refractivity contribution in [3.63, 3.8) is 0 Å². The van der Waals surface area contributed by atoms with Crippen molar-refractivity contribution in [1.29, 1.82) is 0 Å². The third kappa shape index (κ3) is 1.80. The topological polar surface area (TPSA) is 29.5 Å². The normalized spacial score (nSPS) is 35.7. The van der Waals surface area contributed by atoms with Gasteiger partial charge in [-0.2, -0.15) is 0 Å². The van der Waals surface area contributed by atoms with E-state index in [2.05, 4.69) is 22.9 Å². The predicted octanol–water partition coefficient (Wildman–Crippen LogP) is 3.82. The molecule has 1 N–H and O–H groups in total. The molecule has 3 unspecified atom stereocenters. The lowest BCUT2D eigenvalue weighted by molar-refractivity contribution is -0.0356. The summed E-state index contributed by atoms with van der Waals surface area (Å²) in [5, 5.41) is 10.3. The lowest BCUT2D eigenvalue weighted by Gasteiger charge is -2.41. The van der Waals surface area contributed by atoms with E-state index in [-0.39, 0.29) is 11.7 Å². The van der Waals surface area contributed by atoms with Crippen LogP contribution >= 0.6 is 15.9 Å². The number of aliphatic hydroxyl groups excluding tert-OH is 1. The van der Waals surface area contributed by atoms with Crippen LogP contribution in [0, 0.1) is 5.92 Å². The first-order valence-corrected chi connectivity index (χ1v) is 7.06. The Morgan fingerprint density at radius 2 is 2.29 bits per heavy atom. The van der Waals surface area contributed by atoms with E-state index in [1.807, 2.05) is 18.2 Å². The van der Waals surface area contributed by atoms with Crippen LogP contribution in [-0.2, 0) is 0 Å². The molecule has 3 heteroatoms. The van der Waals surface area contributed by atoms with Gasteiger partial charge in [0.05, 0.1) is 6.10 Å². The fourth-order valence-corrected chi connectivity index (χ4v) is 3.58. The van der Waals surface area contributed by atoms with Gasteiger partial charge >= 0.3 is 0 Å². The molecule has 1 aliphatic heterocycles. The van der Waals surface area contributed by atoms with Gasteiger partial charge in [-0.1, -0.05) is 28.9 Å². The van der Waals surface area contributed by atoms with Crippen molar-refractivity contribution in [3.05, 3.63) is 28.2 Å². The van der Waals surface area contributed by atoms with Crippen LogP contribution in [-0.4, -0.2) is 10.7 Å². The second-order valence-electron chi connectivity index (χ2n) is 5.36. The minimum atomic E-state index is -0.382. The molecule has 0 bridgehead atoms. The summed E-state index contributed by atoms with van der Waals surface area (Å²) in [5.41, 5.74) is 0.797. The standard InChI is InChI=1S/C14H17BrO2/c1-9-3-2-6-14(9)8-12(16)11-5-4-10(15)7-13(11)17-14/h4-5,7,9,12,16H,2-3,6,8H2,1H3. The Bertz CT molecular complexity index is 446. The fourth-order valence-electron chi connectivity index (χ4n) is 3.24. The van der Waals surface area contributed by atoms with Crippen LogP contribution in [0.1, 0.15) is 44.3 Å². The maximum atomic E-state index is 10.3. The van der Waals surface area contributed by atoms with E-state index in [4.69, 9.17) is 4.74 Å². The van der Waals surface area contributed by atoms with Crippen molar-refractivity contribution in [2.24, 2.45) is 5.92 Å². The van der Waals surface area contributed by atoms with Crippen molar-refractivity contribution >= 4 is 15.9 Å². The first kappa shape index (κ1) is 11.5. The summed E-state index contributed by atoms with van der Waals surface area (Å²) in [4.78, 5) is 0. The molecule has 0 amide bonds. The maximum Gasteiger partial charge on any atom is 0.127 e. The van der Waals surface area contributed by atoms with Gasteiger partial charge in [0.1, 0.15) is 11.4 Å². The Morgan fingerprint density at radius 3 is 3.00 bits per heavy atom. The number of ether oxygens (including phenoxy) is 1. The Kier molecular flexibility index (Phi) is 2.71. The quantitative estimate of drug-likeness (QED) is 0.788. The molecular weight excluding hydrogens is 280 g/mol. The van der Waals surface area contributed by atoms with Crippen molar-refractivity contribution in [3.8, 4) is 5.75 Å². The number of benzene rings is 1. The molecule has 2 nitrogen and oxygen atoms in total. The highest BCUT2D eigenvalue weighted by Crippen LogP contribution is 2.50. The van der Waals surface area contributed by atoms with Crippen LogP contribution in [0.3, 0.4) is 0 Å². The van der Waals surface area contributed by atoms with E-state index in [9.17, 15) is 5.11 Å². The molecule has 92 valence electrons. The predicted molar refractivity (Wildman–Crippen MR) is 70.1 cm³/mol. The van der Waals surface area contributed by atoms with Gasteiger partial charge in [-0.15, -0.1) is 0 Å². The lowest BCUT2D eigenvalue weighted by Crippen LogP contribution is -2.43. The highest BCUT2D eigenvalue weighted by Gasteiger charge is 2.47. The van der Waals surface area contributed by atoms with E-state index in [1.165, 1.54) is 12.8 Å². The van der Waals surface area contributed by atoms with E-state index in [1.54, 1.807) is 0 Å². The average Bonchev–Trinajstić information content (AvgIpc) is 2.59. The summed E-state index contributed by atoms with van der Waals surface area (Å²) < 4.78 is 7.26. The van der Waals surface area contributed by atoms with Crippen LogP contribution in [0.2, 0.25) is 0 Å². The monoisotopic (exact) mass is 296 g/mol. The number of hydrogen-bond donors (Lipinski definition) is 1. The highest BCUT2D eigenvalue weighted by atomic mass is 79.9. The van der Waals surface area contributed by atoms with Crippen LogP contribution in [0.5, 0.6) is 5.75 Å². The molecule has 2 aliphatic rings. The summed E-state index contributed by atoms with van der Waals surface area (Å²) in [6, 6.07) is 5.89. The Morgan fingerprint density at radius 1 is 1.47 bits per heavy atom. The van der Waals surface area contributed by atoms with Gasteiger partial charge in [0.2, 0.25) is 0 Å². The number of halogens is 1. The zero-order valence-electron chi connectivity index (χ0n) is 9.95. The SMILES string of the molecule is CC1CCCC12CC(O)c1ccc(Br)cc1O2. The van der Waals surface area contributed by atoms with E-state index in [0.29, 0.717) is 5.92 Å². The molecular formula is C14H17BrO2. The zero-order valence-corrected chi connectivity index (χ0v) is 11.5. The van der Waals surface area contributed by atoms with Gasteiger partial charge in [0, 0.05) is 16.5 Å². The molecule has 0 saturated heterocycles. The molecule has 3 rings (SSSR count). The smallest absolute Gasteiger partial charge is 0.127 e. The molecule has 3 atom stereocenters. The second kappa shape index (κ2) is 3.99. The van der Waals surface area contributed by atoms with Gasteiger partial charge in [0.25, 0.3) is 0 Å². The van der Waals surface area contributed by atoms with Gasteiger partial charge in [-0.05, 0) is 37.3 Å². The van der Waals surface area contributed by atoms with Crippen molar-refractivity contribution in [2.75, 3.05) is 0 Å². The van der Waals surface area contributed by atoms with Crippen molar-refractivity contribution in [2.45, 2.75) is 44.3 Å². The van der Waals surface area contributed by atoms with Gasteiger partial charge in [-0.3, -0.25) is 0 Å². The fraction of sp³-hybridized carbons (Fsp3) is 0.571. The first-order valence-electron chi connectivity index (χ1n) is 6.27. The Balaban J connectivity index is 2.02. The molecule has 0 radical (unpaired) electrons. The first-order chi connectivity index (χ1) is 8.11. The second-order valence-corrected chi connectivity index (χ2v) is 6.28. The van der Waals surface area contributed by atoms with Crippen molar-refractivity contribution in [1.82, 2.24) is 0 Å². The minimum Gasteiger partial charge on any atom is -0.486 e. The summed E-state index contributed by atoms with van der Waals surface area (Å²) in [6.07, 6.45) is 3.83. The number of aliphatic hydroxyl groups is 1. The van der Waals surface area contributed by atoms with E-state index >= 15 is 0 Å². The van der Waals surface area contributed by atoms with Gasteiger partial charge in [0.15, 0.2) is 0 Å². The minimum absolute atomic E-state index is 0.132. The van der Waals surface area contributed by atoms with Crippen LogP contribution in [0.15, 0.2) is 22.7 Å². The van der Waals surface area contributed by atoms with Crippen molar-refractivity contribution < 1.29 is 9.84 Å². The molecule has 1 spiro atoms. The molecule has 1 aromatic carbocycles. The summed E-state index contributed by atoms with van der Waals surface area (Å²) in [5.74, 6) is 1.39. The number of hydrogen-bond acceptors (Lipinski definition) is 2. The third-order valence-electron chi connectivity index (χ3n) is 4.32. The Hall–Kier alpha value is -0.540. The largest absolute Gasteiger partial charge is 0.486 e. The summed E-state index contributed by atoms with van der Waals surface area (Å²) in [7, 11) is 0. The molecule has 1 saturated carbocycles. The van der Waals surface area contributed by atoms with Gasteiger partial charge < -0.3 is 9.84 Å². The molecule has 1 aromatic rings. The van der Waals surface area contributed by atoms with Crippen LogP contribution in [0.25, 0.3) is 0 Å². The molecule has 1 fully saturated rings. The lowest BCUT2D eigenvalue weighted by atomic mass is 9.82. The van der Waals surface area contributed by atoms with Crippen LogP contribution in [0.4, 0.5) is 0 Å². The summed E-state index contributed by atoms with van der Waals surface area (Å²) in [6.45, 7) is 2.24. The Labute approximate surface area is 110 Å². The number of fused-ring (bicyclic) bond motifs is 1. The third-order valence-corrected chi connectivity index (χ3v) is 4.82. The van der Waals surface area contributed by atoms with E-state index in [0.717, 1.165) is 28.6 Å².